The molecule has 1 amide bonds. The van der Waals surface area contributed by atoms with Gasteiger partial charge in [-0.25, -0.2) is 0 Å². The number of piperidine rings is 1. The van der Waals surface area contributed by atoms with Crippen LogP contribution in [0, 0.1) is 5.92 Å². The molecule has 3 rings (SSSR count). The Morgan fingerprint density at radius 1 is 1.04 bits per heavy atom. The second kappa shape index (κ2) is 10.1. The molecule has 0 aromatic heterocycles. The van der Waals surface area contributed by atoms with Gasteiger partial charge in [-0.05, 0) is 68.8 Å². The summed E-state index contributed by atoms with van der Waals surface area (Å²) in [5.74, 6) is 0.806. The lowest BCUT2D eigenvalue weighted by atomic mass is 9.89. The maximum atomic E-state index is 12.3. The number of benzene rings is 1. The van der Waals surface area contributed by atoms with E-state index in [1.54, 1.807) is 0 Å². The second-order valence-corrected chi connectivity index (χ2v) is 8.64. The Kier molecular flexibility index (Phi) is 7.57. The van der Waals surface area contributed by atoms with Crippen molar-refractivity contribution in [3.63, 3.8) is 0 Å². The fourth-order valence-electron chi connectivity index (χ4n) is 4.61. The number of rotatable bonds is 7. The molecule has 1 aliphatic carbocycles. The summed E-state index contributed by atoms with van der Waals surface area (Å²) < 4.78 is 0. The number of likely N-dealkylation sites (tertiary alicyclic amines) is 1. The van der Waals surface area contributed by atoms with Gasteiger partial charge in [-0.1, -0.05) is 31.4 Å². The van der Waals surface area contributed by atoms with Gasteiger partial charge in [-0.15, -0.1) is 0 Å². The molecule has 2 fully saturated rings. The number of carbonyl (C=O) groups excluding carboxylic acids is 1. The van der Waals surface area contributed by atoms with Gasteiger partial charge in [0, 0.05) is 38.8 Å². The molecular formula is C23H37N3O. The Morgan fingerprint density at radius 3 is 2.33 bits per heavy atom. The van der Waals surface area contributed by atoms with Crippen LogP contribution in [0.15, 0.2) is 24.3 Å². The lowest BCUT2D eigenvalue weighted by molar-refractivity contribution is -0.122. The van der Waals surface area contributed by atoms with E-state index in [9.17, 15) is 4.79 Å². The Bertz CT molecular complexity index is 570. The highest BCUT2D eigenvalue weighted by molar-refractivity contribution is 5.76. The van der Waals surface area contributed by atoms with Crippen molar-refractivity contribution < 1.29 is 4.79 Å². The molecule has 1 saturated heterocycles. The second-order valence-electron chi connectivity index (χ2n) is 8.64. The van der Waals surface area contributed by atoms with Crippen LogP contribution < -0.4 is 10.2 Å². The van der Waals surface area contributed by atoms with Crippen molar-refractivity contribution >= 4 is 11.6 Å². The first kappa shape index (κ1) is 20.2. The largest absolute Gasteiger partial charge is 0.378 e. The summed E-state index contributed by atoms with van der Waals surface area (Å²) in [5, 5.41) is 3.13. The van der Waals surface area contributed by atoms with Crippen molar-refractivity contribution in [3.8, 4) is 0 Å². The van der Waals surface area contributed by atoms with Crippen molar-refractivity contribution in [1.82, 2.24) is 10.2 Å². The van der Waals surface area contributed by atoms with E-state index < -0.39 is 0 Å². The normalized spacial score (nSPS) is 19.8. The molecule has 0 unspecified atom stereocenters. The number of nitrogens with one attached hydrogen (secondary N) is 1. The van der Waals surface area contributed by atoms with Crippen LogP contribution in [-0.4, -0.2) is 50.6 Å². The Hall–Kier alpha value is -1.55. The molecule has 1 saturated carbocycles. The van der Waals surface area contributed by atoms with Crippen molar-refractivity contribution in [1.29, 1.82) is 0 Å². The molecule has 0 atom stereocenters. The van der Waals surface area contributed by atoms with E-state index in [4.69, 9.17) is 0 Å². The van der Waals surface area contributed by atoms with Crippen molar-refractivity contribution in [2.45, 2.75) is 63.8 Å². The zero-order valence-corrected chi connectivity index (χ0v) is 17.3. The van der Waals surface area contributed by atoms with Gasteiger partial charge in [0.25, 0.3) is 0 Å². The third-order valence-corrected chi connectivity index (χ3v) is 6.40. The SMILES string of the molecule is CN(C)c1ccc(CCNC(=O)CC2CCN(C3CCCCC3)CC2)cc1. The topological polar surface area (TPSA) is 35.6 Å². The molecule has 1 aromatic carbocycles. The molecule has 1 aliphatic heterocycles. The van der Waals surface area contributed by atoms with Gasteiger partial charge in [0.2, 0.25) is 5.91 Å². The quantitative estimate of drug-likeness (QED) is 0.791. The molecule has 4 heteroatoms. The number of carbonyl (C=O) groups is 1. The van der Waals surface area contributed by atoms with E-state index in [1.807, 2.05) is 0 Å². The van der Waals surface area contributed by atoms with Crippen LogP contribution in [0.3, 0.4) is 0 Å². The van der Waals surface area contributed by atoms with E-state index in [1.165, 1.54) is 69.3 Å². The van der Waals surface area contributed by atoms with Gasteiger partial charge in [0.15, 0.2) is 0 Å². The zero-order chi connectivity index (χ0) is 19.1. The maximum Gasteiger partial charge on any atom is 0.220 e. The fourth-order valence-corrected chi connectivity index (χ4v) is 4.61. The number of nitrogens with zero attached hydrogens (tertiary/aromatic N) is 2. The first-order valence-corrected chi connectivity index (χ1v) is 10.9. The van der Waals surface area contributed by atoms with Crippen LogP contribution in [0.4, 0.5) is 5.69 Å². The average molecular weight is 372 g/mol. The highest BCUT2D eigenvalue weighted by Gasteiger charge is 2.27. The number of anilines is 1. The number of hydrogen-bond acceptors (Lipinski definition) is 3. The lowest BCUT2D eigenvalue weighted by Crippen LogP contribution is -2.43. The molecule has 1 heterocycles. The molecule has 0 spiro atoms. The van der Waals surface area contributed by atoms with Crippen LogP contribution in [0.1, 0.15) is 56.9 Å². The summed E-state index contributed by atoms with van der Waals surface area (Å²) in [6, 6.07) is 9.41. The molecule has 0 radical (unpaired) electrons. The number of amides is 1. The minimum atomic E-state index is 0.232. The Balaban J connectivity index is 1.31. The highest BCUT2D eigenvalue weighted by Crippen LogP contribution is 2.28. The molecule has 4 nitrogen and oxygen atoms in total. The highest BCUT2D eigenvalue weighted by atomic mass is 16.1. The minimum absolute atomic E-state index is 0.232. The summed E-state index contributed by atoms with van der Waals surface area (Å²) in [4.78, 5) is 17.1. The van der Waals surface area contributed by atoms with Gasteiger partial charge in [-0.3, -0.25) is 4.79 Å². The smallest absolute Gasteiger partial charge is 0.220 e. The summed E-state index contributed by atoms with van der Waals surface area (Å²) in [7, 11) is 4.10. The standard InChI is InChI=1S/C23H37N3O/c1-25(2)21-10-8-19(9-11-21)12-15-24-23(27)18-20-13-16-26(17-14-20)22-6-4-3-5-7-22/h8-11,20,22H,3-7,12-18H2,1-2H3,(H,24,27). The van der Waals surface area contributed by atoms with E-state index in [2.05, 4.69) is 53.5 Å². The molecule has 0 bridgehead atoms. The average Bonchev–Trinajstić information content (AvgIpc) is 2.69. The summed E-state index contributed by atoms with van der Waals surface area (Å²) >= 11 is 0. The van der Waals surface area contributed by atoms with Crippen LogP contribution in [-0.2, 0) is 11.2 Å². The van der Waals surface area contributed by atoms with Crippen molar-refractivity contribution in [3.05, 3.63) is 29.8 Å². The summed E-state index contributed by atoms with van der Waals surface area (Å²) in [6.07, 6.45) is 11.0. The first-order chi connectivity index (χ1) is 13.1. The molecule has 150 valence electrons. The molecule has 2 aliphatic rings. The van der Waals surface area contributed by atoms with Crippen molar-refractivity contribution in [2.24, 2.45) is 5.92 Å². The van der Waals surface area contributed by atoms with Gasteiger partial charge >= 0.3 is 0 Å². The predicted molar refractivity (Wildman–Crippen MR) is 113 cm³/mol. The van der Waals surface area contributed by atoms with Gasteiger partial charge in [0.05, 0.1) is 0 Å². The van der Waals surface area contributed by atoms with Gasteiger partial charge in [0.1, 0.15) is 0 Å². The van der Waals surface area contributed by atoms with Crippen LogP contribution in [0.2, 0.25) is 0 Å². The minimum Gasteiger partial charge on any atom is -0.378 e. The monoisotopic (exact) mass is 371 g/mol. The Morgan fingerprint density at radius 2 is 1.70 bits per heavy atom. The molecule has 1 N–H and O–H groups in total. The lowest BCUT2D eigenvalue weighted by Gasteiger charge is -2.39. The third-order valence-electron chi connectivity index (χ3n) is 6.40. The Labute approximate surface area is 165 Å². The van der Waals surface area contributed by atoms with Gasteiger partial charge in [-0.2, -0.15) is 0 Å². The predicted octanol–water partition coefficient (Wildman–Crippen LogP) is 3.85. The number of hydrogen-bond donors (Lipinski definition) is 1. The summed E-state index contributed by atoms with van der Waals surface area (Å²) in [6.45, 7) is 3.13. The fraction of sp³-hybridized carbons (Fsp3) is 0.696. The van der Waals surface area contributed by atoms with E-state index in [0.29, 0.717) is 12.3 Å². The molecule has 27 heavy (non-hydrogen) atoms. The molecule has 1 aromatic rings. The van der Waals surface area contributed by atoms with Crippen molar-refractivity contribution in [2.75, 3.05) is 38.6 Å². The summed E-state index contributed by atoms with van der Waals surface area (Å²) in [5.41, 5.74) is 2.49. The van der Waals surface area contributed by atoms with E-state index >= 15 is 0 Å². The van der Waals surface area contributed by atoms with Crippen LogP contribution >= 0.6 is 0 Å². The van der Waals surface area contributed by atoms with E-state index in [-0.39, 0.29) is 5.91 Å². The van der Waals surface area contributed by atoms with Gasteiger partial charge < -0.3 is 15.1 Å². The van der Waals surface area contributed by atoms with Crippen LogP contribution in [0.5, 0.6) is 0 Å². The third kappa shape index (κ3) is 6.24. The maximum absolute atomic E-state index is 12.3. The van der Waals surface area contributed by atoms with E-state index in [0.717, 1.165) is 19.0 Å². The zero-order valence-electron chi connectivity index (χ0n) is 17.3. The van der Waals surface area contributed by atoms with Crippen LogP contribution in [0.25, 0.3) is 0 Å². The molecular weight excluding hydrogens is 334 g/mol. The first-order valence-electron chi connectivity index (χ1n) is 10.9.